The zero-order valence-electron chi connectivity index (χ0n) is 13.9. The number of rotatable bonds is 4. The fourth-order valence-electron chi connectivity index (χ4n) is 2.92. The van der Waals surface area contributed by atoms with Gasteiger partial charge in [0.05, 0.1) is 4.90 Å². The van der Waals surface area contributed by atoms with E-state index < -0.39 is 22.0 Å². The van der Waals surface area contributed by atoms with Gasteiger partial charge in [0.25, 0.3) is 5.91 Å². The van der Waals surface area contributed by atoms with Gasteiger partial charge in [-0.15, -0.1) is 0 Å². The van der Waals surface area contributed by atoms with Crippen LogP contribution in [0, 0.1) is 0 Å². The van der Waals surface area contributed by atoms with Gasteiger partial charge in [-0.3, -0.25) is 9.69 Å². The number of nitrogens with zero attached hydrogens (tertiary/aromatic N) is 2. The van der Waals surface area contributed by atoms with Gasteiger partial charge in [0.15, 0.2) is 9.84 Å². The number of carbonyl (C=O) groups is 2. The Kier molecular flexibility index (Phi) is 4.64. The molecule has 1 aromatic heterocycles. The largest absolute Gasteiger partial charge is 0.465 e. The van der Waals surface area contributed by atoms with Gasteiger partial charge in [-0.2, -0.15) is 0 Å². The molecule has 2 heterocycles. The van der Waals surface area contributed by atoms with Crippen LogP contribution in [0.2, 0.25) is 0 Å². The van der Waals surface area contributed by atoms with E-state index in [9.17, 15) is 18.0 Å². The molecule has 0 unspecified atom stereocenters. The first kappa shape index (κ1) is 17.9. The van der Waals surface area contributed by atoms with Crippen molar-refractivity contribution in [3.05, 3.63) is 42.6 Å². The maximum absolute atomic E-state index is 12.3. The molecule has 26 heavy (non-hydrogen) atoms. The molecule has 1 aliphatic heterocycles. The predicted molar refractivity (Wildman–Crippen MR) is 94.7 cm³/mol. The summed E-state index contributed by atoms with van der Waals surface area (Å²) >= 11 is 0. The molecule has 1 aromatic carbocycles. The van der Waals surface area contributed by atoms with Crippen molar-refractivity contribution in [2.45, 2.75) is 17.4 Å². The lowest BCUT2D eigenvalue weighted by molar-refractivity contribution is -0.118. The Morgan fingerprint density at radius 3 is 2.62 bits per heavy atom. The maximum Gasteiger partial charge on any atom is 0.405 e. The molecular weight excluding hydrogens is 358 g/mol. The van der Waals surface area contributed by atoms with E-state index in [4.69, 9.17) is 5.11 Å². The van der Waals surface area contributed by atoms with E-state index in [1.54, 1.807) is 30.3 Å². The van der Waals surface area contributed by atoms with Crippen LogP contribution in [0.15, 0.2) is 47.5 Å². The molecule has 1 atom stereocenters. The van der Waals surface area contributed by atoms with Gasteiger partial charge in [-0.1, -0.05) is 18.2 Å². The second kappa shape index (κ2) is 6.75. The van der Waals surface area contributed by atoms with Crippen LogP contribution < -0.4 is 10.2 Å². The lowest BCUT2D eigenvalue weighted by Gasteiger charge is -2.16. The van der Waals surface area contributed by atoms with Crippen LogP contribution in [-0.2, 0) is 14.6 Å². The summed E-state index contributed by atoms with van der Waals surface area (Å²) in [6.45, 7) is 0.357. The van der Waals surface area contributed by atoms with Gasteiger partial charge >= 0.3 is 6.09 Å². The number of carbonyl (C=O) groups excluding carboxylic acids is 1. The van der Waals surface area contributed by atoms with Crippen molar-refractivity contribution in [3.63, 3.8) is 0 Å². The van der Waals surface area contributed by atoms with E-state index in [-0.39, 0.29) is 10.8 Å². The predicted octanol–water partition coefficient (Wildman–Crippen LogP) is 1.52. The third-order valence-electron chi connectivity index (χ3n) is 4.13. The molecule has 0 aliphatic carbocycles. The Morgan fingerprint density at radius 2 is 2.00 bits per heavy atom. The average molecular weight is 375 g/mol. The molecular formula is C17H17N3O5S. The van der Waals surface area contributed by atoms with Crippen LogP contribution in [0.25, 0.3) is 11.1 Å². The second-order valence-electron chi connectivity index (χ2n) is 5.95. The lowest BCUT2D eigenvalue weighted by Crippen LogP contribution is -2.41. The molecule has 3 rings (SSSR count). The molecule has 0 spiro atoms. The first-order chi connectivity index (χ1) is 12.3. The second-order valence-corrected chi connectivity index (χ2v) is 7.94. The van der Waals surface area contributed by atoms with E-state index in [1.807, 2.05) is 0 Å². The summed E-state index contributed by atoms with van der Waals surface area (Å²) in [4.78, 5) is 28.8. The Bertz CT molecular complexity index is 957. The molecule has 1 fully saturated rings. The Morgan fingerprint density at radius 1 is 1.27 bits per heavy atom. The van der Waals surface area contributed by atoms with Gasteiger partial charge in [0.1, 0.15) is 11.9 Å². The van der Waals surface area contributed by atoms with Gasteiger partial charge in [0, 0.05) is 30.1 Å². The minimum absolute atomic E-state index is 0.206. The molecule has 136 valence electrons. The first-order valence-electron chi connectivity index (χ1n) is 7.84. The molecule has 1 aliphatic rings. The average Bonchev–Trinajstić information content (AvgIpc) is 2.94. The standard InChI is InChI=1S/C17H17N3O5S/c1-26(24,25)14-5-3-2-4-12(14)11-6-7-15(18-10-11)20-9-8-13(16(20)21)19-17(22)23/h2-7,10,13,19H,8-9H2,1H3,(H,22,23)/t13-/m0/s1. The van der Waals surface area contributed by atoms with E-state index >= 15 is 0 Å². The highest BCUT2D eigenvalue weighted by atomic mass is 32.2. The number of amides is 2. The van der Waals surface area contributed by atoms with Crippen molar-refractivity contribution in [3.8, 4) is 11.1 Å². The minimum atomic E-state index is -3.39. The Labute approximate surface area is 150 Å². The fraction of sp³-hybridized carbons (Fsp3) is 0.235. The Balaban J connectivity index is 1.87. The highest BCUT2D eigenvalue weighted by Gasteiger charge is 2.34. The number of hydrogen-bond donors (Lipinski definition) is 2. The topological polar surface area (TPSA) is 117 Å². The number of nitrogens with one attached hydrogen (secondary N) is 1. The van der Waals surface area contributed by atoms with E-state index in [0.29, 0.717) is 29.9 Å². The van der Waals surface area contributed by atoms with Gasteiger partial charge in [-0.25, -0.2) is 18.2 Å². The number of aromatic nitrogens is 1. The van der Waals surface area contributed by atoms with Crippen molar-refractivity contribution in [1.29, 1.82) is 0 Å². The van der Waals surface area contributed by atoms with Gasteiger partial charge < -0.3 is 10.4 Å². The fourth-order valence-corrected chi connectivity index (χ4v) is 3.84. The summed E-state index contributed by atoms with van der Waals surface area (Å²) in [5.41, 5.74) is 1.15. The molecule has 2 amide bonds. The monoisotopic (exact) mass is 375 g/mol. The third kappa shape index (κ3) is 3.52. The summed E-state index contributed by atoms with van der Waals surface area (Å²) < 4.78 is 23.9. The number of benzene rings is 1. The smallest absolute Gasteiger partial charge is 0.405 e. The van der Waals surface area contributed by atoms with Crippen LogP contribution in [0.3, 0.4) is 0 Å². The van der Waals surface area contributed by atoms with Crippen molar-refractivity contribution in [2.24, 2.45) is 0 Å². The van der Waals surface area contributed by atoms with Crippen LogP contribution in [0.4, 0.5) is 10.6 Å². The quantitative estimate of drug-likeness (QED) is 0.837. The van der Waals surface area contributed by atoms with Crippen molar-refractivity contribution < 1.29 is 23.1 Å². The van der Waals surface area contributed by atoms with Crippen molar-refractivity contribution in [1.82, 2.24) is 10.3 Å². The molecule has 0 saturated carbocycles. The molecule has 1 saturated heterocycles. The summed E-state index contributed by atoms with van der Waals surface area (Å²) in [6.07, 6.45) is 1.77. The first-order valence-corrected chi connectivity index (χ1v) is 9.73. The number of carboxylic acid groups (broad SMARTS) is 1. The highest BCUT2D eigenvalue weighted by Crippen LogP contribution is 2.28. The number of hydrogen-bond acceptors (Lipinski definition) is 5. The zero-order chi connectivity index (χ0) is 18.9. The van der Waals surface area contributed by atoms with Crippen molar-refractivity contribution >= 4 is 27.7 Å². The molecule has 0 bridgehead atoms. The zero-order valence-corrected chi connectivity index (χ0v) is 14.7. The van der Waals surface area contributed by atoms with Crippen LogP contribution >= 0.6 is 0 Å². The van der Waals surface area contributed by atoms with Gasteiger partial charge in [-0.05, 0) is 24.6 Å². The molecule has 2 aromatic rings. The molecule has 8 nitrogen and oxygen atoms in total. The summed E-state index contributed by atoms with van der Waals surface area (Å²) in [5.74, 6) is 0.0365. The molecule has 0 radical (unpaired) electrons. The maximum atomic E-state index is 12.3. The SMILES string of the molecule is CS(=O)(=O)c1ccccc1-c1ccc(N2CC[C@H](NC(=O)O)C2=O)nc1. The summed E-state index contributed by atoms with van der Waals surface area (Å²) in [7, 11) is -3.39. The Hall–Kier alpha value is -2.94. The number of pyridine rings is 1. The normalized spacial score (nSPS) is 17.3. The molecule has 2 N–H and O–H groups in total. The van der Waals surface area contributed by atoms with E-state index in [1.165, 1.54) is 17.2 Å². The summed E-state index contributed by atoms with van der Waals surface area (Å²) in [5, 5.41) is 10.9. The van der Waals surface area contributed by atoms with Crippen molar-refractivity contribution in [2.75, 3.05) is 17.7 Å². The highest BCUT2D eigenvalue weighted by molar-refractivity contribution is 7.90. The van der Waals surface area contributed by atoms with Crippen LogP contribution in [0.5, 0.6) is 0 Å². The summed E-state index contributed by atoms with van der Waals surface area (Å²) in [6, 6.07) is 9.16. The number of anilines is 1. The molecule has 9 heteroatoms. The van der Waals surface area contributed by atoms with Crippen LogP contribution in [-0.4, -0.2) is 49.4 Å². The lowest BCUT2D eigenvalue weighted by atomic mass is 10.1. The van der Waals surface area contributed by atoms with Crippen LogP contribution in [0.1, 0.15) is 6.42 Å². The van der Waals surface area contributed by atoms with E-state index in [0.717, 1.165) is 6.26 Å². The van der Waals surface area contributed by atoms with Gasteiger partial charge in [0.2, 0.25) is 0 Å². The van der Waals surface area contributed by atoms with E-state index in [2.05, 4.69) is 10.3 Å². The number of sulfone groups is 1. The minimum Gasteiger partial charge on any atom is -0.465 e. The third-order valence-corrected chi connectivity index (χ3v) is 5.28.